The Kier molecular flexibility index (Phi) is 12.1. The second-order valence-corrected chi connectivity index (χ2v) is 18.0. The number of amides is 1. The predicted octanol–water partition coefficient (Wildman–Crippen LogP) is 8.47. The zero-order valence-corrected chi connectivity index (χ0v) is 32.7. The Hall–Kier alpha value is -3.61. The van der Waals surface area contributed by atoms with Crippen molar-refractivity contribution in [1.29, 1.82) is 0 Å². The van der Waals surface area contributed by atoms with Crippen LogP contribution in [-0.4, -0.2) is 83.5 Å². The molecule has 2 fully saturated rings. The Morgan fingerprint density at radius 3 is 2.25 bits per heavy atom. The lowest BCUT2D eigenvalue weighted by Gasteiger charge is -2.42. The van der Waals surface area contributed by atoms with Crippen LogP contribution in [0.5, 0.6) is 5.75 Å². The number of hydrogen-bond acceptors (Lipinski definition) is 10. The fourth-order valence-corrected chi connectivity index (χ4v) is 8.08. The van der Waals surface area contributed by atoms with E-state index in [1.165, 1.54) is 11.8 Å². The molecule has 0 aliphatic carbocycles. The summed E-state index contributed by atoms with van der Waals surface area (Å²) in [5, 5.41) is 6.11. The number of likely N-dealkylation sites (tertiary alicyclic amines) is 2. The van der Waals surface area contributed by atoms with Gasteiger partial charge in [-0.25, -0.2) is 18.2 Å². The normalized spacial score (nSPS) is 16.8. The molecule has 2 saturated heterocycles. The summed E-state index contributed by atoms with van der Waals surface area (Å²) >= 11 is 6.50. The Bertz CT molecular complexity index is 1800. The summed E-state index contributed by atoms with van der Waals surface area (Å²) in [4.78, 5) is 26.2. The number of benzene rings is 2. The third kappa shape index (κ3) is 9.64. The fraction of sp³-hybridized carbons (Fsp3) is 0.553. The van der Waals surface area contributed by atoms with E-state index in [0.717, 1.165) is 63.1 Å². The number of carbonyl (C=O) groups excluding carboxylic acids is 1. The van der Waals surface area contributed by atoms with E-state index >= 15 is 0 Å². The zero-order chi connectivity index (χ0) is 37.1. The van der Waals surface area contributed by atoms with E-state index in [1.807, 2.05) is 39.5 Å². The van der Waals surface area contributed by atoms with E-state index in [9.17, 15) is 13.2 Å². The van der Waals surface area contributed by atoms with Gasteiger partial charge in [-0.15, -0.1) is 0 Å². The first-order valence-electron chi connectivity index (χ1n) is 17.9. The van der Waals surface area contributed by atoms with Gasteiger partial charge in [-0.3, -0.25) is 0 Å². The number of hydrogen-bond donors (Lipinski definition) is 2. The van der Waals surface area contributed by atoms with Crippen LogP contribution in [0, 0.1) is 6.92 Å². The lowest BCUT2D eigenvalue weighted by Crippen LogP contribution is -2.49. The van der Waals surface area contributed by atoms with E-state index < -0.39 is 20.7 Å². The molecular weight excluding hydrogens is 688 g/mol. The maximum atomic E-state index is 13.0. The molecule has 2 N–H and O–H groups in total. The van der Waals surface area contributed by atoms with Crippen LogP contribution >= 0.6 is 11.6 Å². The summed E-state index contributed by atoms with van der Waals surface area (Å²) in [6.45, 7) is 18.6. The first kappa shape index (κ1) is 38.6. The number of piperidine rings is 2. The second kappa shape index (κ2) is 16.0. The van der Waals surface area contributed by atoms with Crippen molar-refractivity contribution in [3.05, 3.63) is 58.7 Å². The molecule has 278 valence electrons. The van der Waals surface area contributed by atoms with Gasteiger partial charge in [-0.05, 0) is 135 Å². The lowest BCUT2D eigenvalue weighted by molar-refractivity contribution is 0.0127. The maximum absolute atomic E-state index is 13.0. The molecule has 2 aliphatic heterocycles. The minimum Gasteiger partial charge on any atom is -0.489 e. The van der Waals surface area contributed by atoms with Crippen molar-refractivity contribution < 1.29 is 22.7 Å². The van der Waals surface area contributed by atoms with E-state index in [-0.39, 0.29) is 33.9 Å². The molecule has 13 heteroatoms. The van der Waals surface area contributed by atoms with Crippen LogP contribution in [0.15, 0.2) is 47.5 Å². The Labute approximate surface area is 308 Å². The van der Waals surface area contributed by atoms with Gasteiger partial charge < -0.3 is 29.9 Å². The van der Waals surface area contributed by atoms with Crippen LogP contribution in [-0.2, 0) is 14.6 Å². The highest BCUT2D eigenvalue weighted by atomic mass is 35.5. The van der Waals surface area contributed by atoms with Gasteiger partial charge in [0.15, 0.2) is 15.7 Å². The highest BCUT2D eigenvalue weighted by molar-refractivity contribution is 7.92. The first-order chi connectivity index (χ1) is 24.0. The topological polar surface area (TPSA) is 126 Å². The van der Waals surface area contributed by atoms with Gasteiger partial charge in [0.1, 0.15) is 16.4 Å². The van der Waals surface area contributed by atoms with Crippen LogP contribution in [0.1, 0.15) is 91.2 Å². The summed E-state index contributed by atoms with van der Waals surface area (Å²) in [6.07, 6.45) is 5.23. The van der Waals surface area contributed by atoms with Gasteiger partial charge in [-0.2, -0.15) is 4.98 Å². The Morgan fingerprint density at radius 1 is 0.961 bits per heavy atom. The highest BCUT2D eigenvalue weighted by Gasteiger charge is 2.32. The van der Waals surface area contributed by atoms with Crippen LogP contribution in [0.4, 0.5) is 27.9 Å². The Morgan fingerprint density at radius 2 is 1.63 bits per heavy atom. The minimum absolute atomic E-state index is 0.0581. The van der Waals surface area contributed by atoms with Crippen LogP contribution < -0.4 is 15.4 Å². The second-order valence-electron chi connectivity index (χ2n) is 15.1. The average Bonchev–Trinajstić information content (AvgIpc) is 3.07. The molecule has 3 heterocycles. The SMILES string of the molecule is Cc1cc(Nc2ncc(Cl)c(Nc3ccccc3S(=O)(=O)C(C)C)n2)c(OC(C)C)cc1C1CCN(C2CCN(C(=O)OC(C)(C)C)CC2)CC1. The molecule has 11 nitrogen and oxygen atoms in total. The van der Waals surface area contributed by atoms with Gasteiger partial charge in [0.05, 0.1) is 33.8 Å². The summed E-state index contributed by atoms with van der Waals surface area (Å²) < 4.78 is 38.0. The smallest absolute Gasteiger partial charge is 0.410 e. The number of para-hydroxylation sites is 1. The number of aromatic nitrogens is 2. The summed E-state index contributed by atoms with van der Waals surface area (Å²) in [5.41, 5.74) is 3.06. The number of ether oxygens (including phenoxy) is 2. The van der Waals surface area contributed by atoms with Gasteiger partial charge in [0, 0.05) is 19.1 Å². The highest BCUT2D eigenvalue weighted by Crippen LogP contribution is 2.39. The number of aryl methyl sites for hydroxylation is 1. The molecule has 3 aromatic rings. The summed E-state index contributed by atoms with van der Waals surface area (Å²) in [6, 6.07) is 11.4. The van der Waals surface area contributed by atoms with E-state index in [1.54, 1.807) is 38.1 Å². The minimum atomic E-state index is -3.55. The molecule has 2 aliphatic rings. The van der Waals surface area contributed by atoms with E-state index in [0.29, 0.717) is 23.4 Å². The zero-order valence-electron chi connectivity index (χ0n) is 31.1. The number of rotatable bonds is 10. The average molecular weight is 741 g/mol. The number of nitrogens with zero attached hydrogens (tertiary/aromatic N) is 4. The molecule has 1 aromatic heterocycles. The fourth-order valence-electron chi connectivity index (χ4n) is 6.74. The van der Waals surface area contributed by atoms with Crippen molar-refractivity contribution in [2.24, 2.45) is 0 Å². The molecular formula is C38H53ClN6O5S. The monoisotopic (exact) mass is 740 g/mol. The van der Waals surface area contributed by atoms with Crippen LogP contribution in [0.3, 0.4) is 0 Å². The van der Waals surface area contributed by atoms with Gasteiger partial charge in [0.2, 0.25) is 5.95 Å². The molecule has 0 bridgehead atoms. The van der Waals surface area contributed by atoms with Gasteiger partial charge >= 0.3 is 6.09 Å². The molecule has 1 amide bonds. The van der Waals surface area contributed by atoms with Crippen LogP contribution in [0.2, 0.25) is 5.02 Å². The molecule has 0 radical (unpaired) electrons. The predicted molar refractivity (Wildman–Crippen MR) is 204 cm³/mol. The lowest BCUT2D eigenvalue weighted by atomic mass is 9.85. The van der Waals surface area contributed by atoms with Crippen molar-refractivity contribution in [2.45, 2.75) is 115 Å². The molecule has 5 rings (SSSR count). The van der Waals surface area contributed by atoms with Crippen LogP contribution in [0.25, 0.3) is 0 Å². The van der Waals surface area contributed by atoms with Crippen molar-refractivity contribution in [3.8, 4) is 5.75 Å². The van der Waals surface area contributed by atoms with Crippen molar-refractivity contribution in [3.63, 3.8) is 0 Å². The number of carbonyl (C=O) groups is 1. The maximum Gasteiger partial charge on any atom is 0.410 e. The van der Waals surface area contributed by atoms with Gasteiger partial charge in [-0.1, -0.05) is 23.7 Å². The molecule has 0 spiro atoms. The number of halogens is 1. The first-order valence-corrected chi connectivity index (χ1v) is 19.9. The number of nitrogens with one attached hydrogen (secondary N) is 2. The standard InChI is InChI=1S/C38H53ClN6O5S/c1-24(2)49-33-22-29(27-13-17-44(18-14-27)28-15-19-45(20-16-28)37(46)50-38(6,7)8)26(5)21-32(33)42-36-40-23-30(39)35(43-36)41-31-11-9-10-12-34(31)51(47,48)25(3)4/h9-12,21-25,27-28H,13-20H2,1-8H3,(H2,40,41,42,43). The summed E-state index contributed by atoms with van der Waals surface area (Å²) in [7, 11) is -3.55. The van der Waals surface area contributed by atoms with Crippen molar-refractivity contribution in [2.75, 3.05) is 36.8 Å². The molecule has 51 heavy (non-hydrogen) atoms. The van der Waals surface area contributed by atoms with E-state index in [2.05, 4.69) is 44.6 Å². The van der Waals surface area contributed by atoms with Crippen molar-refractivity contribution >= 4 is 50.7 Å². The molecule has 0 saturated carbocycles. The third-order valence-electron chi connectivity index (χ3n) is 9.39. The molecule has 0 atom stereocenters. The number of anilines is 4. The number of sulfone groups is 1. The molecule has 0 unspecified atom stereocenters. The van der Waals surface area contributed by atoms with Crippen molar-refractivity contribution in [1.82, 2.24) is 19.8 Å². The molecule has 2 aromatic carbocycles. The van der Waals surface area contributed by atoms with Gasteiger partial charge in [0.25, 0.3) is 0 Å². The van der Waals surface area contributed by atoms with E-state index in [4.69, 9.17) is 21.1 Å². The largest absolute Gasteiger partial charge is 0.489 e. The quantitative estimate of drug-likeness (QED) is 0.209. The Balaban J connectivity index is 1.28. The summed E-state index contributed by atoms with van der Waals surface area (Å²) in [5.74, 6) is 1.68. The third-order valence-corrected chi connectivity index (χ3v) is 11.9.